The van der Waals surface area contributed by atoms with Crippen LogP contribution in [0, 0.1) is 0 Å². The highest BCUT2D eigenvalue weighted by Crippen LogP contribution is 2.13. The van der Waals surface area contributed by atoms with Gasteiger partial charge in [0.1, 0.15) is 5.56 Å². The maximum atomic E-state index is 12.9. The van der Waals surface area contributed by atoms with Gasteiger partial charge in [0, 0.05) is 48.8 Å². The number of hydrogen-bond donors (Lipinski definition) is 1. The Morgan fingerprint density at radius 3 is 2.17 bits per heavy atom. The standard InChI is InChI=1S/C23H23N3O3/c1-2-16-7-9-17(10-8-16)22(28)25-11-13-26(14-12-25)23(29)19-15-24-20-6-4-3-5-18(20)21(19)27/h3-10,15H,2,11-14H2,1H3,(H,24,27). The lowest BCUT2D eigenvalue weighted by atomic mass is 10.1. The number of aryl methyl sites for hydroxylation is 1. The molecule has 2 aromatic carbocycles. The number of carbonyl (C=O) groups excluding carboxylic acids is 2. The minimum atomic E-state index is -0.295. The summed E-state index contributed by atoms with van der Waals surface area (Å²) in [7, 11) is 0. The normalized spacial score (nSPS) is 14.2. The first-order valence-electron chi connectivity index (χ1n) is 9.86. The molecule has 1 aliphatic rings. The van der Waals surface area contributed by atoms with Gasteiger partial charge in [-0.05, 0) is 36.2 Å². The Hall–Kier alpha value is -3.41. The van der Waals surface area contributed by atoms with Gasteiger partial charge in [0.2, 0.25) is 5.43 Å². The minimum absolute atomic E-state index is 0.0247. The average Bonchev–Trinajstić information content (AvgIpc) is 2.79. The molecule has 4 rings (SSSR count). The van der Waals surface area contributed by atoms with Crippen molar-refractivity contribution in [3.05, 3.63) is 81.6 Å². The van der Waals surface area contributed by atoms with Crippen molar-refractivity contribution in [3.8, 4) is 0 Å². The number of nitrogens with one attached hydrogen (secondary N) is 1. The largest absolute Gasteiger partial charge is 0.360 e. The molecule has 2 heterocycles. The van der Waals surface area contributed by atoms with Crippen molar-refractivity contribution in [1.82, 2.24) is 14.8 Å². The molecule has 0 unspecified atom stereocenters. The van der Waals surface area contributed by atoms with Gasteiger partial charge in [0.25, 0.3) is 11.8 Å². The van der Waals surface area contributed by atoms with Gasteiger partial charge in [-0.3, -0.25) is 14.4 Å². The van der Waals surface area contributed by atoms with Crippen LogP contribution in [-0.2, 0) is 6.42 Å². The lowest BCUT2D eigenvalue weighted by molar-refractivity contribution is 0.0534. The molecule has 1 N–H and O–H groups in total. The van der Waals surface area contributed by atoms with Gasteiger partial charge in [-0.2, -0.15) is 0 Å². The number of aromatic amines is 1. The van der Waals surface area contributed by atoms with E-state index in [1.54, 1.807) is 21.9 Å². The second-order valence-electron chi connectivity index (χ2n) is 7.21. The third kappa shape index (κ3) is 3.66. The van der Waals surface area contributed by atoms with Crippen LogP contribution in [0.15, 0.2) is 59.5 Å². The van der Waals surface area contributed by atoms with E-state index in [-0.39, 0.29) is 22.8 Å². The first kappa shape index (κ1) is 18.9. The third-order valence-corrected chi connectivity index (χ3v) is 5.48. The van der Waals surface area contributed by atoms with Crippen molar-refractivity contribution in [2.24, 2.45) is 0 Å². The van der Waals surface area contributed by atoms with Crippen LogP contribution < -0.4 is 5.43 Å². The number of piperazine rings is 1. The number of hydrogen-bond acceptors (Lipinski definition) is 3. The predicted molar refractivity (Wildman–Crippen MR) is 112 cm³/mol. The molecule has 6 nitrogen and oxygen atoms in total. The molecule has 3 aromatic rings. The summed E-state index contributed by atoms with van der Waals surface area (Å²) in [6.45, 7) is 3.79. The number of para-hydroxylation sites is 1. The molecule has 6 heteroatoms. The Balaban J connectivity index is 1.45. The summed E-state index contributed by atoms with van der Waals surface area (Å²) in [4.78, 5) is 44.7. The Morgan fingerprint density at radius 2 is 1.52 bits per heavy atom. The van der Waals surface area contributed by atoms with E-state index in [0.717, 1.165) is 6.42 Å². The number of pyridine rings is 1. The number of H-pyrrole nitrogens is 1. The smallest absolute Gasteiger partial charge is 0.259 e. The number of aromatic nitrogens is 1. The molecule has 0 radical (unpaired) electrons. The van der Waals surface area contributed by atoms with E-state index in [9.17, 15) is 14.4 Å². The van der Waals surface area contributed by atoms with Crippen molar-refractivity contribution in [3.63, 3.8) is 0 Å². The van der Waals surface area contributed by atoms with E-state index in [4.69, 9.17) is 0 Å². The average molecular weight is 389 g/mol. The van der Waals surface area contributed by atoms with Crippen LogP contribution in [0.4, 0.5) is 0 Å². The van der Waals surface area contributed by atoms with Gasteiger partial charge in [0.15, 0.2) is 0 Å². The molecule has 1 aliphatic heterocycles. The SMILES string of the molecule is CCc1ccc(C(=O)N2CCN(C(=O)c3c[nH]c4ccccc4c3=O)CC2)cc1. The molecule has 0 saturated carbocycles. The van der Waals surface area contributed by atoms with Crippen LogP contribution in [0.25, 0.3) is 10.9 Å². The molecule has 0 atom stereocenters. The molecule has 148 valence electrons. The zero-order valence-electron chi connectivity index (χ0n) is 16.4. The summed E-state index contributed by atoms with van der Waals surface area (Å²) in [6.07, 6.45) is 2.42. The number of carbonyl (C=O) groups is 2. The number of rotatable bonds is 3. The fourth-order valence-electron chi connectivity index (χ4n) is 3.67. The van der Waals surface area contributed by atoms with Gasteiger partial charge < -0.3 is 14.8 Å². The molecule has 1 fully saturated rings. The zero-order valence-corrected chi connectivity index (χ0v) is 16.4. The van der Waals surface area contributed by atoms with E-state index in [1.165, 1.54) is 11.8 Å². The van der Waals surface area contributed by atoms with Crippen LogP contribution in [-0.4, -0.2) is 52.8 Å². The second-order valence-corrected chi connectivity index (χ2v) is 7.21. The van der Waals surface area contributed by atoms with E-state index in [2.05, 4.69) is 11.9 Å². The third-order valence-electron chi connectivity index (χ3n) is 5.48. The molecule has 1 aromatic heterocycles. The van der Waals surface area contributed by atoms with E-state index in [0.29, 0.717) is 42.6 Å². The van der Waals surface area contributed by atoms with Crippen LogP contribution in [0.3, 0.4) is 0 Å². The van der Waals surface area contributed by atoms with Crippen molar-refractivity contribution >= 4 is 22.7 Å². The topological polar surface area (TPSA) is 73.5 Å². The fourth-order valence-corrected chi connectivity index (χ4v) is 3.67. The highest BCUT2D eigenvalue weighted by molar-refractivity contribution is 5.98. The number of benzene rings is 2. The van der Waals surface area contributed by atoms with Crippen LogP contribution >= 0.6 is 0 Å². The number of nitrogens with zero attached hydrogens (tertiary/aromatic N) is 2. The van der Waals surface area contributed by atoms with Crippen LogP contribution in [0.1, 0.15) is 33.2 Å². The summed E-state index contributed by atoms with van der Waals surface area (Å²) >= 11 is 0. The minimum Gasteiger partial charge on any atom is -0.360 e. The van der Waals surface area contributed by atoms with Crippen molar-refractivity contribution in [2.45, 2.75) is 13.3 Å². The molecule has 29 heavy (non-hydrogen) atoms. The van der Waals surface area contributed by atoms with Gasteiger partial charge in [-0.25, -0.2) is 0 Å². The van der Waals surface area contributed by atoms with E-state index in [1.807, 2.05) is 36.4 Å². The quantitative estimate of drug-likeness (QED) is 0.749. The summed E-state index contributed by atoms with van der Waals surface area (Å²) in [6, 6.07) is 14.8. The fraction of sp³-hybridized carbons (Fsp3) is 0.261. The lowest BCUT2D eigenvalue weighted by Crippen LogP contribution is -2.51. The zero-order chi connectivity index (χ0) is 20.4. The first-order chi connectivity index (χ1) is 14.1. The number of amides is 2. The molecule has 0 aliphatic carbocycles. The highest BCUT2D eigenvalue weighted by atomic mass is 16.2. The molecule has 2 amide bonds. The molecular formula is C23H23N3O3. The van der Waals surface area contributed by atoms with Crippen LogP contribution in [0.2, 0.25) is 0 Å². The van der Waals surface area contributed by atoms with Crippen molar-refractivity contribution in [1.29, 1.82) is 0 Å². The van der Waals surface area contributed by atoms with E-state index >= 15 is 0 Å². The van der Waals surface area contributed by atoms with Gasteiger partial charge >= 0.3 is 0 Å². The second kappa shape index (κ2) is 7.91. The lowest BCUT2D eigenvalue weighted by Gasteiger charge is -2.34. The van der Waals surface area contributed by atoms with Gasteiger partial charge in [-0.1, -0.05) is 31.2 Å². The van der Waals surface area contributed by atoms with Gasteiger partial charge in [-0.15, -0.1) is 0 Å². The molecule has 0 spiro atoms. The first-order valence-corrected chi connectivity index (χ1v) is 9.86. The van der Waals surface area contributed by atoms with Gasteiger partial charge in [0.05, 0.1) is 0 Å². The monoisotopic (exact) mass is 389 g/mol. The summed E-state index contributed by atoms with van der Waals surface area (Å²) in [5.74, 6) is -0.320. The Bertz CT molecular complexity index is 1110. The molecule has 0 bridgehead atoms. The molecular weight excluding hydrogens is 366 g/mol. The predicted octanol–water partition coefficient (Wildman–Crippen LogP) is 2.69. The number of fused-ring (bicyclic) bond motifs is 1. The molecule has 1 saturated heterocycles. The maximum Gasteiger partial charge on any atom is 0.259 e. The summed E-state index contributed by atoms with van der Waals surface area (Å²) in [5.41, 5.74) is 2.43. The Kier molecular flexibility index (Phi) is 5.16. The van der Waals surface area contributed by atoms with Crippen LogP contribution in [0.5, 0.6) is 0 Å². The Morgan fingerprint density at radius 1 is 0.897 bits per heavy atom. The van der Waals surface area contributed by atoms with Crippen molar-refractivity contribution < 1.29 is 9.59 Å². The highest BCUT2D eigenvalue weighted by Gasteiger charge is 2.27. The Labute approximate surface area is 168 Å². The van der Waals surface area contributed by atoms with E-state index < -0.39 is 0 Å². The summed E-state index contributed by atoms with van der Waals surface area (Å²) in [5, 5.41) is 0.502. The van der Waals surface area contributed by atoms with Crippen molar-refractivity contribution in [2.75, 3.05) is 26.2 Å². The maximum absolute atomic E-state index is 12.9. The summed E-state index contributed by atoms with van der Waals surface area (Å²) < 4.78 is 0.